The van der Waals surface area contributed by atoms with Gasteiger partial charge in [-0.25, -0.2) is 23.7 Å². The number of nitrogens with zero attached hydrogens (tertiary/aromatic N) is 3. The van der Waals surface area contributed by atoms with Gasteiger partial charge in [0.05, 0.1) is 12.6 Å². The molecule has 28 heavy (non-hydrogen) atoms. The predicted octanol–water partition coefficient (Wildman–Crippen LogP) is 4.20. The smallest absolute Gasteiger partial charge is 0.191 e. The SMILES string of the molecule is CCCCC(CO)Nc1nc(SCc2cccc(F)c2F)nc2nc(N)sc12. The van der Waals surface area contributed by atoms with E-state index in [0.717, 1.165) is 25.3 Å². The third kappa shape index (κ3) is 4.86. The van der Waals surface area contributed by atoms with E-state index in [1.165, 1.54) is 35.2 Å². The number of aliphatic hydroxyl groups is 1. The molecule has 0 saturated carbocycles. The first-order valence-electron chi connectivity index (χ1n) is 8.89. The minimum Gasteiger partial charge on any atom is -0.394 e. The molecule has 150 valence electrons. The highest BCUT2D eigenvalue weighted by Gasteiger charge is 2.17. The van der Waals surface area contributed by atoms with E-state index < -0.39 is 11.6 Å². The van der Waals surface area contributed by atoms with Crippen LogP contribution in [-0.2, 0) is 5.75 Å². The molecule has 3 rings (SSSR count). The maximum absolute atomic E-state index is 13.9. The Morgan fingerprint density at radius 1 is 1.29 bits per heavy atom. The number of unbranched alkanes of at least 4 members (excludes halogenated alkanes) is 1. The van der Waals surface area contributed by atoms with Gasteiger partial charge in [0.15, 0.2) is 33.4 Å². The van der Waals surface area contributed by atoms with Crippen LogP contribution in [0.1, 0.15) is 31.7 Å². The van der Waals surface area contributed by atoms with Crippen molar-refractivity contribution >= 4 is 44.4 Å². The molecule has 0 radical (unpaired) electrons. The van der Waals surface area contributed by atoms with E-state index >= 15 is 0 Å². The summed E-state index contributed by atoms with van der Waals surface area (Å²) in [6.45, 7) is 2.05. The average molecular weight is 426 g/mol. The van der Waals surface area contributed by atoms with Crippen LogP contribution in [0.5, 0.6) is 0 Å². The topological polar surface area (TPSA) is 97.0 Å². The van der Waals surface area contributed by atoms with E-state index in [2.05, 4.69) is 27.2 Å². The number of thioether (sulfide) groups is 1. The number of thiazole rings is 1. The van der Waals surface area contributed by atoms with Crippen molar-refractivity contribution in [1.82, 2.24) is 15.0 Å². The first-order valence-corrected chi connectivity index (χ1v) is 10.7. The number of halogens is 2. The van der Waals surface area contributed by atoms with Crippen molar-refractivity contribution in [2.45, 2.75) is 43.1 Å². The molecule has 1 atom stereocenters. The Balaban J connectivity index is 1.85. The van der Waals surface area contributed by atoms with Crippen LogP contribution >= 0.6 is 23.1 Å². The van der Waals surface area contributed by atoms with E-state index in [4.69, 9.17) is 5.73 Å². The second kappa shape index (κ2) is 9.44. The Labute approximate surface area is 169 Å². The zero-order valence-corrected chi connectivity index (χ0v) is 16.9. The number of benzene rings is 1. The lowest BCUT2D eigenvalue weighted by Crippen LogP contribution is -2.24. The number of hydrogen-bond acceptors (Lipinski definition) is 8. The number of nitrogens with two attached hydrogens (primary N) is 1. The lowest BCUT2D eigenvalue weighted by Gasteiger charge is -2.17. The third-order valence-corrected chi connectivity index (χ3v) is 5.88. The van der Waals surface area contributed by atoms with Crippen molar-refractivity contribution in [1.29, 1.82) is 0 Å². The van der Waals surface area contributed by atoms with E-state index in [-0.39, 0.29) is 24.0 Å². The Morgan fingerprint density at radius 2 is 2.11 bits per heavy atom. The highest BCUT2D eigenvalue weighted by molar-refractivity contribution is 7.98. The van der Waals surface area contributed by atoms with E-state index in [9.17, 15) is 13.9 Å². The zero-order chi connectivity index (χ0) is 20.1. The van der Waals surface area contributed by atoms with Gasteiger partial charge in [-0.2, -0.15) is 0 Å². The van der Waals surface area contributed by atoms with Gasteiger partial charge in [0.2, 0.25) is 0 Å². The molecule has 1 unspecified atom stereocenters. The molecular formula is C18H21F2N5OS2. The summed E-state index contributed by atoms with van der Waals surface area (Å²) in [6.07, 6.45) is 2.78. The zero-order valence-electron chi connectivity index (χ0n) is 15.3. The van der Waals surface area contributed by atoms with Crippen LogP contribution in [0, 0.1) is 11.6 Å². The normalized spacial score (nSPS) is 12.4. The number of aromatic nitrogens is 3. The second-order valence-corrected chi connectivity index (χ2v) is 8.20. The molecule has 0 amide bonds. The molecule has 6 nitrogen and oxygen atoms in total. The maximum Gasteiger partial charge on any atom is 0.191 e. The molecular weight excluding hydrogens is 404 g/mol. The molecule has 2 heterocycles. The average Bonchev–Trinajstić information content (AvgIpc) is 3.06. The van der Waals surface area contributed by atoms with Crippen LogP contribution in [0.25, 0.3) is 10.3 Å². The Kier molecular flexibility index (Phi) is 6.97. The van der Waals surface area contributed by atoms with Gasteiger partial charge in [-0.1, -0.05) is 55.0 Å². The monoisotopic (exact) mass is 425 g/mol. The van der Waals surface area contributed by atoms with Crippen molar-refractivity contribution in [3.63, 3.8) is 0 Å². The number of aliphatic hydroxyl groups excluding tert-OH is 1. The Morgan fingerprint density at radius 3 is 2.86 bits per heavy atom. The van der Waals surface area contributed by atoms with E-state index in [0.29, 0.717) is 26.5 Å². The lowest BCUT2D eigenvalue weighted by atomic mass is 10.1. The fourth-order valence-corrected chi connectivity index (χ4v) is 4.18. The molecule has 0 saturated heterocycles. The highest BCUT2D eigenvalue weighted by atomic mass is 32.2. The van der Waals surface area contributed by atoms with Gasteiger partial charge in [0.1, 0.15) is 4.70 Å². The third-order valence-electron chi connectivity index (χ3n) is 4.11. The molecule has 0 aliphatic rings. The van der Waals surface area contributed by atoms with Crippen molar-refractivity contribution in [3.8, 4) is 0 Å². The molecule has 0 fully saturated rings. The highest BCUT2D eigenvalue weighted by Crippen LogP contribution is 2.32. The minimum atomic E-state index is -0.884. The summed E-state index contributed by atoms with van der Waals surface area (Å²) in [5.41, 5.74) is 6.49. The molecule has 3 aromatic rings. The van der Waals surface area contributed by atoms with Crippen LogP contribution in [0.4, 0.5) is 19.7 Å². The quantitative estimate of drug-likeness (QED) is 0.349. The largest absolute Gasteiger partial charge is 0.394 e. The number of nitrogens with one attached hydrogen (secondary N) is 1. The van der Waals surface area contributed by atoms with Crippen LogP contribution in [-0.4, -0.2) is 32.7 Å². The van der Waals surface area contributed by atoms with Gasteiger partial charge >= 0.3 is 0 Å². The number of rotatable bonds is 9. The maximum atomic E-state index is 13.9. The van der Waals surface area contributed by atoms with Gasteiger partial charge < -0.3 is 16.2 Å². The van der Waals surface area contributed by atoms with E-state index in [1.807, 2.05) is 0 Å². The molecule has 0 aliphatic carbocycles. The summed E-state index contributed by atoms with van der Waals surface area (Å²) < 4.78 is 28.0. The number of fused-ring (bicyclic) bond motifs is 1. The summed E-state index contributed by atoms with van der Waals surface area (Å²) in [5.74, 6) is -1.04. The molecule has 0 bridgehead atoms. The first kappa shape index (κ1) is 20.7. The molecule has 4 N–H and O–H groups in total. The Bertz CT molecular complexity index is 953. The lowest BCUT2D eigenvalue weighted by molar-refractivity contribution is 0.267. The summed E-state index contributed by atoms with van der Waals surface area (Å²) >= 11 is 2.44. The molecule has 0 aliphatic heterocycles. The van der Waals surface area contributed by atoms with Crippen molar-refractivity contribution in [2.75, 3.05) is 17.7 Å². The van der Waals surface area contributed by atoms with E-state index in [1.54, 1.807) is 0 Å². The van der Waals surface area contributed by atoms with Crippen LogP contribution in [0.15, 0.2) is 23.4 Å². The number of nitrogen functional groups attached to an aromatic ring is 1. The summed E-state index contributed by atoms with van der Waals surface area (Å²) in [7, 11) is 0. The number of hydrogen-bond donors (Lipinski definition) is 3. The first-order chi connectivity index (χ1) is 13.5. The molecule has 2 aromatic heterocycles. The van der Waals surface area contributed by atoms with Gasteiger partial charge in [0, 0.05) is 11.3 Å². The van der Waals surface area contributed by atoms with Crippen molar-refractivity contribution < 1.29 is 13.9 Å². The molecule has 10 heteroatoms. The predicted molar refractivity (Wildman–Crippen MR) is 110 cm³/mol. The van der Waals surface area contributed by atoms with Gasteiger partial charge in [-0.15, -0.1) is 0 Å². The fourth-order valence-electron chi connectivity index (χ4n) is 2.64. The summed E-state index contributed by atoms with van der Waals surface area (Å²) in [4.78, 5) is 13.1. The fraction of sp³-hybridized carbons (Fsp3) is 0.389. The Hall–Kier alpha value is -2.04. The molecule has 0 spiro atoms. The minimum absolute atomic E-state index is 0.0310. The second-order valence-electron chi connectivity index (χ2n) is 6.23. The standard InChI is InChI=1S/C18H21F2N5OS2/c1-2-3-6-11(8-26)22-15-14-16(23-17(21)28-14)25-18(24-15)27-9-10-5-4-7-12(19)13(10)20/h4-5,7,11,26H,2-3,6,8-9H2,1H3,(H3,21,22,23,24,25). The van der Waals surface area contributed by atoms with Gasteiger partial charge in [-0.3, -0.25) is 0 Å². The van der Waals surface area contributed by atoms with Gasteiger partial charge in [-0.05, 0) is 12.5 Å². The summed E-state index contributed by atoms with van der Waals surface area (Å²) in [6, 6.07) is 3.92. The molecule has 1 aromatic carbocycles. The van der Waals surface area contributed by atoms with Gasteiger partial charge in [0.25, 0.3) is 0 Å². The number of anilines is 2. The summed E-state index contributed by atoms with van der Waals surface area (Å²) in [5, 5.41) is 13.6. The van der Waals surface area contributed by atoms with Crippen molar-refractivity contribution in [2.24, 2.45) is 0 Å². The van der Waals surface area contributed by atoms with Crippen LogP contribution < -0.4 is 11.1 Å². The van der Waals surface area contributed by atoms with Crippen LogP contribution in [0.2, 0.25) is 0 Å². The van der Waals surface area contributed by atoms with Crippen molar-refractivity contribution in [3.05, 3.63) is 35.4 Å². The van der Waals surface area contributed by atoms with Crippen LogP contribution in [0.3, 0.4) is 0 Å².